The van der Waals surface area contributed by atoms with E-state index in [9.17, 15) is 14.3 Å². The Morgan fingerprint density at radius 3 is 2.62 bits per heavy atom. The third kappa shape index (κ3) is 4.37. The molecule has 2 aromatic carbocycles. The molecule has 5 rings (SSSR count). The minimum absolute atomic E-state index is 0.0382. The zero-order valence-electron chi connectivity index (χ0n) is 18.8. The number of piperidine rings is 1. The number of halogens is 2. The van der Waals surface area contributed by atoms with Gasteiger partial charge in [-0.2, -0.15) is 9.78 Å². The van der Waals surface area contributed by atoms with Crippen LogP contribution >= 0.6 is 11.6 Å². The molecule has 2 N–H and O–H groups in total. The molecule has 7 nitrogen and oxygen atoms in total. The van der Waals surface area contributed by atoms with Crippen molar-refractivity contribution in [2.75, 3.05) is 13.1 Å². The van der Waals surface area contributed by atoms with Gasteiger partial charge in [0.25, 0.3) is 0 Å². The molecule has 34 heavy (non-hydrogen) atoms. The predicted octanol–water partition coefficient (Wildman–Crippen LogP) is 4.76. The van der Waals surface area contributed by atoms with Crippen LogP contribution in [-0.4, -0.2) is 48.8 Å². The first-order chi connectivity index (χ1) is 16.4. The van der Waals surface area contributed by atoms with Crippen molar-refractivity contribution in [2.24, 2.45) is 0 Å². The Kier molecular flexibility index (Phi) is 6.00. The first kappa shape index (κ1) is 22.4. The van der Waals surface area contributed by atoms with Crippen LogP contribution in [0.3, 0.4) is 0 Å². The number of imidazole rings is 1. The number of benzene rings is 2. The highest BCUT2D eigenvalue weighted by molar-refractivity contribution is 6.31. The summed E-state index contributed by atoms with van der Waals surface area (Å²) in [5, 5.41) is 16.6. The summed E-state index contributed by atoms with van der Waals surface area (Å²) in [6, 6.07) is 11.7. The summed E-state index contributed by atoms with van der Waals surface area (Å²) in [6.07, 6.45) is 2.73. The molecule has 0 unspecified atom stereocenters. The molecular formula is C25H25ClFN5O2. The molecule has 176 valence electrons. The Bertz CT molecular complexity index is 1340. The second kappa shape index (κ2) is 9.10. The van der Waals surface area contributed by atoms with E-state index in [-0.39, 0.29) is 23.5 Å². The molecular weight excluding hydrogens is 457 g/mol. The molecule has 0 atom stereocenters. The number of H-pyrrole nitrogens is 1. The zero-order valence-corrected chi connectivity index (χ0v) is 19.5. The first-order valence-electron chi connectivity index (χ1n) is 11.4. The molecule has 0 radical (unpaired) electrons. The van der Waals surface area contributed by atoms with E-state index >= 15 is 0 Å². The Labute approximate surface area is 201 Å². The summed E-state index contributed by atoms with van der Waals surface area (Å²) in [5.74, 6) is 0.359. The van der Waals surface area contributed by atoms with Gasteiger partial charge in [-0.15, -0.1) is 0 Å². The summed E-state index contributed by atoms with van der Waals surface area (Å²) in [7, 11) is 0. The van der Waals surface area contributed by atoms with Crippen molar-refractivity contribution in [1.82, 2.24) is 24.6 Å². The van der Waals surface area contributed by atoms with Gasteiger partial charge >= 0.3 is 0 Å². The number of carbonyl (C=O) groups excluding carboxylic acids is 1. The van der Waals surface area contributed by atoms with Crippen molar-refractivity contribution in [3.8, 4) is 11.8 Å². The lowest BCUT2D eigenvalue weighted by Gasteiger charge is -2.30. The first-order valence-corrected chi connectivity index (χ1v) is 11.7. The quantitative estimate of drug-likeness (QED) is 0.430. The minimum Gasteiger partial charge on any atom is -0.493 e. The number of likely N-dealkylation sites (tertiary alicyclic amines) is 1. The molecule has 0 aliphatic carbocycles. The van der Waals surface area contributed by atoms with E-state index in [1.807, 2.05) is 11.0 Å². The van der Waals surface area contributed by atoms with Crippen molar-refractivity contribution in [2.45, 2.75) is 38.5 Å². The van der Waals surface area contributed by atoms with Gasteiger partial charge in [-0.3, -0.25) is 4.79 Å². The van der Waals surface area contributed by atoms with Gasteiger partial charge in [0, 0.05) is 36.5 Å². The molecule has 4 aromatic rings. The highest BCUT2D eigenvalue weighted by Gasteiger charge is 2.29. The summed E-state index contributed by atoms with van der Waals surface area (Å²) in [5.41, 5.74) is 4.02. The average molecular weight is 482 g/mol. The number of carbonyl (C=O) groups is 1. The second-order valence-corrected chi connectivity index (χ2v) is 9.16. The molecule has 1 saturated heterocycles. The molecule has 0 saturated carbocycles. The van der Waals surface area contributed by atoms with E-state index < -0.39 is 0 Å². The van der Waals surface area contributed by atoms with Crippen LogP contribution in [0.4, 0.5) is 4.39 Å². The maximum atomic E-state index is 13.3. The number of nitrogens with one attached hydrogen (secondary N) is 1. The maximum absolute atomic E-state index is 13.3. The molecule has 9 heteroatoms. The minimum atomic E-state index is -0.276. The van der Waals surface area contributed by atoms with Crippen LogP contribution in [0.15, 0.2) is 42.5 Å². The highest BCUT2D eigenvalue weighted by atomic mass is 35.5. The van der Waals surface area contributed by atoms with Crippen LogP contribution in [-0.2, 0) is 17.6 Å². The Hall–Kier alpha value is -3.39. The van der Waals surface area contributed by atoms with Crippen LogP contribution in [0.2, 0.25) is 5.02 Å². The van der Waals surface area contributed by atoms with Crippen LogP contribution in [0.25, 0.3) is 17.0 Å². The number of nitrogens with zero attached hydrogens (tertiary/aromatic N) is 4. The SMILES string of the molecule is CC(=O)N1CCC(c2nn(-c3nc4ccc(Cl)cc4[nH]3)c(O)c2CCc2ccc(F)cc2)CC1. The molecule has 0 bridgehead atoms. The summed E-state index contributed by atoms with van der Waals surface area (Å²) in [6.45, 7) is 2.91. The Morgan fingerprint density at radius 1 is 1.18 bits per heavy atom. The monoisotopic (exact) mass is 481 g/mol. The van der Waals surface area contributed by atoms with Gasteiger partial charge in [0.2, 0.25) is 17.7 Å². The van der Waals surface area contributed by atoms with Crippen LogP contribution in [0.5, 0.6) is 5.88 Å². The normalized spacial score (nSPS) is 14.7. The number of aromatic amines is 1. The number of aryl methyl sites for hydroxylation is 1. The van der Waals surface area contributed by atoms with Crippen molar-refractivity contribution in [3.63, 3.8) is 0 Å². The van der Waals surface area contributed by atoms with E-state index in [0.29, 0.717) is 36.9 Å². The predicted molar refractivity (Wildman–Crippen MR) is 128 cm³/mol. The van der Waals surface area contributed by atoms with Crippen LogP contribution < -0.4 is 0 Å². The fraction of sp³-hybridized carbons (Fsp3) is 0.320. The number of aromatic hydroxyl groups is 1. The molecule has 1 amide bonds. The smallest absolute Gasteiger partial charge is 0.232 e. The molecule has 0 spiro atoms. The average Bonchev–Trinajstić information content (AvgIpc) is 3.39. The molecule has 1 aliphatic rings. The Balaban J connectivity index is 1.50. The number of aromatic nitrogens is 4. The number of fused-ring (bicyclic) bond motifs is 1. The van der Waals surface area contributed by atoms with E-state index in [1.165, 1.54) is 16.8 Å². The third-order valence-electron chi connectivity index (χ3n) is 6.52. The zero-order chi connectivity index (χ0) is 23.8. The molecule has 1 aliphatic heterocycles. The number of hydrogen-bond donors (Lipinski definition) is 2. The van der Waals surface area contributed by atoms with Crippen molar-refractivity contribution < 1.29 is 14.3 Å². The maximum Gasteiger partial charge on any atom is 0.232 e. The fourth-order valence-corrected chi connectivity index (χ4v) is 4.80. The molecule has 2 aromatic heterocycles. The molecule has 3 heterocycles. The van der Waals surface area contributed by atoms with Gasteiger partial charge in [0.05, 0.1) is 16.7 Å². The lowest BCUT2D eigenvalue weighted by molar-refractivity contribution is -0.129. The van der Waals surface area contributed by atoms with Gasteiger partial charge in [-0.05, 0) is 61.6 Å². The number of rotatable bonds is 5. The van der Waals surface area contributed by atoms with Crippen molar-refractivity contribution in [1.29, 1.82) is 0 Å². The largest absolute Gasteiger partial charge is 0.493 e. The summed E-state index contributed by atoms with van der Waals surface area (Å²) < 4.78 is 14.8. The van der Waals surface area contributed by atoms with E-state index in [1.54, 1.807) is 31.2 Å². The molecule has 1 fully saturated rings. The van der Waals surface area contributed by atoms with Gasteiger partial charge in [0.1, 0.15) is 5.82 Å². The second-order valence-electron chi connectivity index (χ2n) is 8.73. The highest BCUT2D eigenvalue weighted by Crippen LogP contribution is 2.36. The van der Waals surface area contributed by atoms with Gasteiger partial charge in [0.15, 0.2) is 0 Å². The van der Waals surface area contributed by atoms with E-state index in [4.69, 9.17) is 16.7 Å². The van der Waals surface area contributed by atoms with E-state index in [0.717, 1.165) is 40.7 Å². The number of amides is 1. The van der Waals surface area contributed by atoms with Crippen LogP contribution in [0, 0.1) is 5.82 Å². The van der Waals surface area contributed by atoms with Gasteiger partial charge < -0.3 is 15.0 Å². The van der Waals surface area contributed by atoms with E-state index in [2.05, 4.69) is 9.97 Å². The van der Waals surface area contributed by atoms with Crippen molar-refractivity contribution in [3.05, 3.63) is 70.1 Å². The number of hydrogen-bond acceptors (Lipinski definition) is 4. The van der Waals surface area contributed by atoms with Crippen molar-refractivity contribution >= 4 is 28.5 Å². The topological polar surface area (TPSA) is 87.0 Å². The van der Waals surface area contributed by atoms with Crippen LogP contribution in [0.1, 0.15) is 42.5 Å². The summed E-state index contributed by atoms with van der Waals surface area (Å²) in [4.78, 5) is 21.4. The van der Waals surface area contributed by atoms with Gasteiger partial charge in [-0.1, -0.05) is 23.7 Å². The summed E-state index contributed by atoms with van der Waals surface area (Å²) >= 11 is 6.11. The lowest BCUT2D eigenvalue weighted by atomic mass is 9.89. The third-order valence-corrected chi connectivity index (χ3v) is 6.76. The fourth-order valence-electron chi connectivity index (χ4n) is 4.63. The lowest BCUT2D eigenvalue weighted by Crippen LogP contribution is -2.36. The van der Waals surface area contributed by atoms with Gasteiger partial charge in [-0.25, -0.2) is 9.37 Å². The standard InChI is InChI=1S/C25H25ClFN5O2/c1-15(33)31-12-10-17(11-13-31)23-20(8-4-16-2-6-19(27)7-3-16)24(34)32(30-23)25-28-21-9-5-18(26)14-22(21)29-25/h2-3,5-7,9,14,17,34H,4,8,10-13H2,1H3,(H,28,29). The Morgan fingerprint density at radius 2 is 1.91 bits per heavy atom.